The molecule has 0 aliphatic heterocycles. The summed E-state index contributed by atoms with van der Waals surface area (Å²) in [5.41, 5.74) is 1.07. The Hall–Kier alpha value is -0.455. The van der Waals surface area contributed by atoms with Crippen molar-refractivity contribution in [1.29, 1.82) is 0 Å². The largest absolute Gasteiger partial charge is 0.550 e. The number of benzene rings is 1. The first-order valence-corrected chi connectivity index (χ1v) is 4.28. The fourth-order valence-electron chi connectivity index (χ4n) is 0.843. The van der Waals surface area contributed by atoms with E-state index in [9.17, 15) is 0 Å². The number of carbonyl (C=O) groups excluding carboxylic acids is 1. The van der Waals surface area contributed by atoms with Gasteiger partial charge < -0.3 is 15.0 Å². The third-order valence-corrected chi connectivity index (χ3v) is 1.23. The summed E-state index contributed by atoms with van der Waals surface area (Å²) in [5.74, 6) is -1.08. The van der Waals surface area contributed by atoms with E-state index in [0.29, 0.717) is 0 Å². The van der Waals surface area contributed by atoms with Gasteiger partial charge in [0.2, 0.25) is 0 Å². The number of rotatable bonds is 2. The van der Waals surface area contributed by atoms with Gasteiger partial charge in [0.1, 0.15) is 5.69 Å². The van der Waals surface area contributed by atoms with Crippen LogP contribution in [0.4, 0.5) is 5.69 Å². The van der Waals surface area contributed by atoms with Crippen LogP contribution < -0.4 is 10.4 Å². The van der Waals surface area contributed by atoms with Crippen molar-refractivity contribution in [2.24, 2.45) is 0 Å². The third kappa shape index (κ3) is 13.5. The van der Waals surface area contributed by atoms with Crippen molar-refractivity contribution in [3.8, 4) is 0 Å². The molecule has 3 N–H and O–H groups in total. The smallest absolute Gasteiger partial charge is 0.189 e. The van der Waals surface area contributed by atoms with Crippen LogP contribution in [-0.2, 0) is 32.5 Å². The van der Waals surface area contributed by atoms with Gasteiger partial charge in [0.25, 0.3) is 0 Å². The van der Waals surface area contributed by atoms with Crippen LogP contribution in [0.25, 0.3) is 0 Å². The van der Waals surface area contributed by atoms with Crippen LogP contribution in [0.1, 0.15) is 13.8 Å². The summed E-state index contributed by atoms with van der Waals surface area (Å²) in [7, 11) is 0. The Labute approximate surface area is 110 Å². The SMILES string of the molecule is CC(=O)[O-].CC(O)[NH2+]c1ccccc1.[Hg]. The molecule has 80 valence electrons. The first-order valence-electron chi connectivity index (χ1n) is 4.28. The van der Waals surface area contributed by atoms with Crippen molar-refractivity contribution in [2.45, 2.75) is 20.1 Å². The predicted octanol–water partition coefficient (Wildman–Crippen LogP) is -1.03. The summed E-state index contributed by atoms with van der Waals surface area (Å²) >= 11 is 0. The van der Waals surface area contributed by atoms with Gasteiger partial charge in [-0.25, -0.2) is 0 Å². The average molecular weight is 398 g/mol. The molecule has 5 heteroatoms. The summed E-state index contributed by atoms with van der Waals surface area (Å²) in [5, 5.41) is 19.6. The number of carbonyl (C=O) groups is 1. The number of hydrogen-bond acceptors (Lipinski definition) is 3. The fourth-order valence-corrected chi connectivity index (χ4v) is 0.843. The van der Waals surface area contributed by atoms with Crippen molar-refractivity contribution < 1.29 is 48.0 Å². The van der Waals surface area contributed by atoms with Crippen LogP contribution in [0.2, 0.25) is 0 Å². The first-order chi connectivity index (χ1) is 6.52. The predicted molar refractivity (Wildman–Crippen MR) is 50.4 cm³/mol. The molecule has 0 bridgehead atoms. The molecule has 4 nitrogen and oxygen atoms in total. The van der Waals surface area contributed by atoms with Crippen molar-refractivity contribution in [2.75, 3.05) is 0 Å². The zero-order valence-electron chi connectivity index (χ0n) is 9.01. The second-order valence-electron chi connectivity index (χ2n) is 2.81. The standard InChI is InChI=1S/C8H11NO.C2H4O2.Hg/c1-7(10)9-8-5-3-2-4-6-8;1-2(3)4;/h2-7,9-10H,1H3;1H3,(H,3,4);. The monoisotopic (exact) mass is 399 g/mol. The Morgan fingerprint density at radius 3 is 2.13 bits per heavy atom. The van der Waals surface area contributed by atoms with E-state index in [0.717, 1.165) is 12.6 Å². The van der Waals surface area contributed by atoms with E-state index in [1.165, 1.54) is 0 Å². The quantitative estimate of drug-likeness (QED) is 0.381. The van der Waals surface area contributed by atoms with Crippen LogP contribution in [0.5, 0.6) is 0 Å². The molecule has 0 aromatic heterocycles. The fraction of sp³-hybridized carbons (Fsp3) is 0.300. The number of hydrogen-bond donors (Lipinski definition) is 2. The van der Waals surface area contributed by atoms with Crippen LogP contribution >= 0.6 is 0 Å². The molecule has 0 aliphatic rings. The number of nitrogens with two attached hydrogens (primary N) is 1. The maximum absolute atomic E-state index is 8.95. The van der Waals surface area contributed by atoms with Crippen LogP contribution in [0, 0.1) is 0 Å². The number of aliphatic carboxylic acids is 1. The summed E-state index contributed by atoms with van der Waals surface area (Å²) in [6.07, 6.45) is -0.359. The average Bonchev–Trinajstić information content (AvgIpc) is 2.03. The minimum absolute atomic E-state index is 0. The number of carboxylic acids is 1. The summed E-state index contributed by atoms with van der Waals surface area (Å²) < 4.78 is 0. The van der Waals surface area contributed by atoms with Gasteiger partial charge in [-0.1, -0.05) is 18.2 Å². The number of para-hydroxylation sites is 1. The molecule has 0 saturated heterocycles. The van der Waals surface area contributed by atoms with Crippen LogP contribution in [0.15, 0.2) is 30.3 Å². The third-order valence-electron chi connectivity index (χ3n) is 1.23. The van der Waals surface area contributed by atoms with Gasteiger partial charge in [-0.3, -0.25) is 5.32 Å². The minimum Gasteiger partial charge on any atom is -0.550 e. The van der Waals surface area contributed by atoms with Gasteiger partial charge >= 0.3 is 0 Å². The van der Waals surface area contributed by atoms with Gasteiger partial charge in [0, 0.05) is 40.6 Å². The van der Waals surface area contributed by atoms with E-state index < -0.39 is 5.97 Å². The molecule has 0 aliphatic carbocycles. The molecular weight excluding hydrogens is 383 g/mol. The first kappa shape index (κ1) is 17.0. The van der Waals surface area contributed by atoms with Gasteiger partial charge in [0.15, 0.2) is 6.23 Å². The Bertz CT molecular complexity index is 261. The number of carboxylic acid groups (broad SMARTS) is 1. The van der Waals surface area contributed by atoms with E-state index in [-0.39, 0.29) is 33.9 Å². The number of aliphatic hydroxyl groups is 1. The molecule has 0 radical (unpaired) electrons. The maximum atomic E-state index is 8.95. The van der Waals surface area contributed by atoms with Gasteiger partial charge in [-0.05, 0) is 19.1 Å². The van der Waals surface area contributed by atoms with E-state index in [1.807, 2.05) is 30.3 Å². The van der Waals surface area contributed by atoms with Crippen molar-refractivity contribution in [3.63, 3.8) is 0 Å². The van der Waals surface area contributed by atoms with Crippen LogP contribution in [-0.4, -0.2) is 17.3 Å². The van der Waals surface area contributed by atoms with E-state index >= 15 is 0 Å². The zero-order valence-corrected chi connectivity index (χ0v) is 14.5. The molecule has 1 atom stereocenters. The molecule has 1 unspecified atom stereocenters. The zero-order chi connectivity index (χ0) is 11.0. The Morgan fingerprint density at radius 1 is 1.40 bits per heavy atom. The van der Waals surface area contributed by atoms with Crippen molar-refractivity contribution in [1.82, 2.24) is 0 Å². The van der Waals surface area contributed by atoms with Gasteiger partial charge in [-0.2, -0.15) is 0 Å². The second-order valence-corrected chi connectivity index (χ2v) is 2.81. The van der Waals surface area contributed by atoms with Crippen molar-refractivity contribution >= 4 is 11.7 Å². The molecule has 0 fully saturated rings. The van der Waals surface area contributed by atoms with E-state index in [1.54, 1.807) is 12.2 Å². The van der Waals surface area contributed by atoms with Gasteiger partial charge in [-0.15, -0.1) is 0 Å². The number of aliphatic hydroxyl groups excluding tert-OH is 1. The second kappa shape index (κ2) is 10.1. The Morgan fingerprint density at radius 2 is 1.80 bits per heavy atom. The summed E-state index contributed by atoms with van der Waals surface area (Å²) in [6.45, 7) is 2.72. The molecule has 1 rings (SSSR count). The molecule has 0 heterocycles. The maximum Gasteiger partial charge on any atom is 0.189 e. The molecular formula is C10H15HgNO3. The normalized spacial score (nSPS) is 10.3. The Kier molecular flexibility index (Phi) is 11.4. The molecule has 0 saturated carbocycles. The number of quaternary nitrogens is 1. The molecule has 0 spiro atoms. The summed E-state index contributed by atoms with van der Waals surface area (Å²) in [6, 6.07) is 9.79. The molecule has 15 heavy (non-hydrogen) atoms. The van der Waals surface area contributed by atoms with Crippen molar-refractivity contribution in [3.05, 3.63) is 30.3 Å². The topological polar surface area (TPSA) is 77.0 Å². The minimum atomic E-state index is -1.08. The molecule has 1 aromatic carbocycles. The molecule has 1 aromatic rings. The summed E-state index contributed by atoms with van der Waals surface area (Å²) in [4.78, 5) is 8.89. The van der Waals surface area contributed by atoms with Crippen LogP contribution in [0.3, 0.4) is 0 Å². The van der Waals surface area contributed by atoms with Gasteiger partial charge in [0.05, 0.1) is 0 Å². The molecule has 0 amide bonds. The Balaban J connectivity index is 0. The van der Waals surface area contributed by atoms with E-state index in [2.05, 4.69) is 0 Å². The van der Waals surface area contributed by atoms with E-state index in [4.69, 9.17) is 15.0 Å².